The van der Waals surface area contributed by atoms with Crippen LogP contribution in [0.25, 0.3) is 10.2 Å². The molecule has 3 aromatic rings. The van der Waals surface area contributed by atoms with Crippen LogP contribution < -0.4 is 10.2 Å². The molecule has 0 radical (unpaired) electrons. The predicted octanol–water partition coefficient (Wildman–Crippen LogP) is 3.58. The highest BCUT2D eigenvalue weighted by Gasteiger charge is 2.32. The number of amides is 1. The summed E-state index contributed by atoms with van der Waals surface area (Å²) in [4.78, 5) is 27.8. The van der Waals surface area contributed by atoms with Gasteiger partial charge in [-0.2, -0.15) is 5.10 Å². The highest BCUT2D eigenvalue weighted by Crippen LogP contribution is 2.44. The molecule has 1 amide bonds. The summed E-state index contributed by atoms with van der Waals surface area (Å²) in [5, 5.41) is 8.62. The van der Waals surface area contributed by atoms with E-state index in [1.807, 2.05) is 18.4 Å². The molecule has 0 atom stereocenters. The Morgan fingerprint density at radius 3 is 2.68 bits per heavy atom. The number of carbonyl (C=O) groups excluding carboxylic acids is 1. The first kappa shape index (κ1) is 19.2. The first-order valence-corrected chi connectivity index (χ1v) is 12.3. The van der Waals surface area contributed by atoms with E-state index in [1.54, 1.807) is 17.1 Å². The van der Waals surface area contributed by atoms with Crippen molar-refractivity contribution in [1.29, 1.82) is 0 Å². The summed E-state index contributed by atoms with van der Waals surface area (Å²) < 4.78 is 1.66. The molecule has 0 spiro atoms. The number of hydrogen-bond acceptors (Lipinski definition) is 6. The first-order chi connectivity index (χ1) is 15.2. The van der Waals surface area contributed by atoms with E-state index in [9.17, 15) is 4.79 Å². The fourth-order valence-corrected chi connectivity index (χ4v) is 6.21. The van der Waals surface area contributed by atoms with Gasteiger partial charge in [-0.05, 0) is 56.9 Å². The van der Waals surface area contributed by atoms with Crippen LogP contribution in [0.1, 0.15) is 71.1 Å². The molecule has 1 N–H and O–H groups in total. The number of nitrogens with one attached hydrogen (secondary N) is 1. The third-order valence-corrected chi connectivity index (χ3v) is 8.04. The van der Waals surface area contributed by atoms with Crippen LogP contribution in [0.5, 0.6) is 0 Å². The SMILES string of the molecule is Cn1cc(C(=O)NC2CCN(c3nc(C4CC4)nc4sc5c(c34)CCCC5)CC2)cn1. The molecule has 3 aromatic heterocycles. The Bertz CT molecular complexity index is 1140. The van der Waals surface area contributed by atoms with Crippen LogP contribution in [0.2, 0.25) is 0 Å². The van der Waals surface area contributed by atoms with Crippen LogP contribution in [0.15, 0.2) is 12.4 Å². The van der Waals surface area contributed by atoms with E-state index in [4.69, 9.17) is 9.97 Å². The van der Waals surface area contributed by atoms with Gasteiger partial charge in [0.2, 0.25) is 0 Å². The number of aromatic nitrogens is 4. The van der Waals surface area contributed by atoms with Crippen LogP contribution in [-0.4, -0.2) is 44.8 Å². The van der Waals surface area contributed by atoms with Crippen molar-refractivity contribution < 1.29 is 4.79 Å². The summed E-state index contributed by atoms with van der Waals surface area (Å²) in [6, 6.07) is 0.195. The molecule has 6 rings (SSSR count). The predicted molar refractivity (Wildman–Crippen MR) is 122 cm³/mol. The standard InChI is InChI=1S/C23H28N6OS/c1-28-13-15(12-24-28)22(30)25-16-8-10-29(11-9-16)21-19-17-4-2-3-5-18(17)31-23(19)27-20(26-21)14-6-7-14/h12-14,16H,2-11H2,1H3,(H,25,30). The molecule has 2 aliphatic carbocycles. The molecule has 31 heavy (non-hydrogen) atoms. The van der Waals surface area contributed by atoms with Crippen LogP contribution >= 0.6 is 11.3 Å². The van der Waals surface area contributed by atoms with Crippen molar-refractivity contribution in [2.75, 3.05) is 18.0 Å². The van der Waals surface area contributed by atoms with Gasteiger partial charge in [-0.1, -0.05) is 0 Å². The summed E-state index contributed by atoms with van der Waals surface area (Å²) >= 11 is 1.90. The third-order valence-electron chi connectivity index (χ3n) is 6.85. The van der Waals surface area contributed by atoms with E-state index in [0.717, 1.165) is 44.0 Å². The van der Waals surface area contributed by atoms with Crippen molar-refractivity contribution in [3.63, 3.8) is 0 Å². The highest BCUT2D eigenvalue weighted by atomic mass is 32.1. The highest BCUT2D eigenvalue weighted by molar-refractivity contribution is 7.19. The van der Waals surface area contributed by atoms with Gasteiger partial charge in [0.25, 0.3) is 5.91 Å². The molecule has 0 unspecified atom stereocenters. The fourth-order valence-electron chi connectivity index (χ4n) is 4.95. The van der Waals surface area contributed by atoms with Gasteiger partial charge in [0.15, 0.2) is 0 Å². The van der Waals surface area contributed by atoms with Crippen molar-refractivity contribution in [3.8, 4) is 0 Å². The zero-order valence-corrected chi connectivity index (χ0v) is 18.7. The Kier molecular flexibility index (Phi) is 4.70. The lowest BCUT2D eigenvalue weighted by Crippen LogP contribution is -2.45. The van der Waals surface area contributed by atoms with E-state index >= 15 is 0 Å². The summed E-state index contributed by atoms with van der Waals surface area (Å²) in [7, 11) is 1.83. The smallest absolute Gasteiger partial charge is 0.254 e. The number of aryl methyl sites for hydroxylation is 3. The van der Waals surface area contributed by atoms with E-state index in [0.29, 0.717) is 11.5 Å². The minimum Gasteiger partial charge on any atom is -0.356 e. The molecule has 0 bridgehead atoms. The van der Waals surface area contributed by atoms with Gasteiger partial charge in [-0.25, -0.2) is 9.97 Å². The van der Waals surface area contributed by atoms with Gasteiger partial charge in [0.1, 0.15) is 16.5 Å². The molecule has 3 aliphatic rings. The van der Waals surface area contributed by atoms with Crippen molar-refractivity contribution in [2.45, 2.75) is 63.3 Å². The van der Waals surface area contributed by atoms with E-state index < -0.39 is 0 Å². The van der Waals surface area contributed by atoms with Crippen molar-refractivity contribution in [3.05, 3.63) is 34.2 Å². The Balaban J connectivity index is 1.24. The minimum absolute atomic E-state index is 0.0288. The molecule has 0 aromatic carbocycles. The van der Waals surface area contributed by atoms with Crippen molar-refractivity contribution in [2.24, 2.45) is 7.05 Å². The number of nitrogens with zero attached hydrogens (tertiary/aromatic N) is 5. The van der Waals surface area contributed by atoms with Crippen LogP contribution in [0.4, 0.5) is 5.82 Å². The quantitative estimate of drug-likeness (QED) is 0.677. The Labute approximate surface area is 185 Å². The van der Waals surface area contributed by atoms with Gasteiger partial charge >= 0.3 is 0 Å². The average Bonchev–Trinajstić information content (AvgIpc) is 3.44. The number of anilines is 1. The normalized spacial score (nSPS) is 19.6. The molecular weight excluding hydrogens is 408 g/mol. The summed E-state index contributed by atoms with van der Waals surface area (Å²) in [5.74, 6) is 2.73. The van der Waals surface area contributed by atoms with Gasteiger partial charge < -0.3 is 10.2 Å². The molecule has 4 heterocycles. The van der Waals surface area contributed by atoms with Crippen LogP contribution in [-0.2, 0) is 19.9 Å². The minimum atomic E-state index is -0.0288. The second-order valence-electron chi connectivity index (χ2n) is 9.21. The zero-order valence-electron chi connectivity index (χ0n) is 17.9. The third kappa shape index (κ3) is 3.60. The molecule has 1 aliphatic heterocycles. The molecule has 7 nitrogen and oxygen atoms in total. The fraction of sp³-hybridized carbons (Fsp3) is 0.565. The number of piperidine rings is 1. The van der Waals surface area contributed by atoms with Gasteiger partial charge in [0.05, 0.1) is 17.1 Å². The first-order valence-electron chi connectivity index (χ1n) is 11.5. The second-order valence-corrected chi connectivity index (χ2v) is 10.3. The zero-order chi connectivity index (χ0) is 20.9. The maximum atomic E-state index is 12.5. The summed E-state index contributed by atoms with van der Waals surface area (Å²) in [5.41, 5.74) is 2.14. The monoisotopic (exact) mass is 436 g/mol. The number of fused-ring (bicyclic) bond motifs is 3. The van der Waals surface area contributed by atoms with Crippen LogP contribution in [0.3, 0.4) is 0 Å². The maximum Gasteiger partial charge on any atom is 0.254 e. The lowest BCUT2D eigenvalue weighted by molar-refractivity contribution is 0.0931. The molecule has 2 fully saturated rings. The average molecular weight is 437 g/mol. The molecule has 8 heteroatoms. The number of carbonyl (C=O) groups is 1. The van der Waals surface area contributed by atoms with Gasteiger partial charge in [0, 0.05) is 43.2 Å². The number of rotatable bonds is 4. The Hall–Kier alpha value is -2.48. The summed E-state index contributed by atoms with van der Waals surface area (Å²) in [6.45, 7) is 1.83. The number of hydrogen-bond donors (Lipinski definition) is 1. The van der Waals surface area contributed by atoms with Gasteiger partial charge in [-0.15, -0.1) is 11.3 Å². The van der Waals surface area contributed by atoms with Crippen molar-refractivity contribution in [1.82, 2.24) is 25.1 Å². The largest absolute Gasteiger partial charge is 0.356 e. The Morgan fingerprint density at radius 2 is 1.94 bits per heavy atom. The van der Waals surface area contributed by atoms with E-state index in [1.165, 1.54) is 52.8 Å². The lowest BCUT2D eigenvalue weighted by Gasteiger charge is -2.34. The maximum absolute atomic E-state index is 12.5. The van der Waals surface area contributed by atoms with E-state index in [-0.39, 0.29) is 11.9 Å². The summed E-state index contributed by atoms with van der Waals surface area (Å²) in [6.07, 6.45) is 12.6. The second kappa shape index (κ2) is 7.58. The Morgan fingerprint density at radius 1 is 1.13 bits per heavy atom. The van der Waals surface area contributed by atoms with Gasteiger partial charge in [-0.3, -0.25) is 9.48 Å². The van der Waals surface area contributed by atoms with E-state index in [2.05, 4.69) is 15.3 Å². The molecule has 1 saturated heterocycles. The topological polar surface area (TPSA) is 75.9 Å². The molecular formula is C23H28N6OS. The molecule has 1 saturated carbocycles. The van der Waals surface area contributed by atoms with Crippen molar-refractivity contribution >= 4 is 33.3 Å². The number of thiophene rings is 1. The van der Waals surface area contributed by atoms with Crippen LogP contribution in [0, 0.1) is 0 Å². The molecule has 162 valence electrons. The lowest BCUT2D eigenvalue weighted by atomic mass is 9.96.